The number of hydrogen-bond acceptors (Lipinski definition) is 2. The molecule has 4 aromatic rings. The molecule has 0 unspecified atom stereocenters. The van der Waals surface area contributed by atoms with Crippen LogP contribution in [0.15, 0.2) is 59.5 Å². The van der Waals surface area contributed by atoms with E-state index in [1.165, 1.54) is 18.3 Å². The highest BCUT2D eigenvalue weighted by atomic mass is 19.1. The van der Waals surface area contributed by atoms with E-state index in [0.717, 1.165) is 27.7 Å². The second kappa shape index (κ2) is 7.39. The Bertz CT molecular complexity index is 1290. The first kappa shape index (κ1) is 18.7. The first-order valence-electron chi connectivity index (χ1n) is 9.27. The smallest absolute Gasteiger partial charge is 0.257 e. The number of H-pyrrole nitrogens is 2. The minimum Gasteiger partial charge on any atom is -0.364 e. The topological polar surface area (TPSA) is 77.8 Å². The molecule has 0 saturated carbocycles. The fourth-order valence-electron chi connectivity index (χ4n) is 3.45. The molecule has 5 nitrogen and oxygen atoms in total. The van der Waals surface area contributed by atoms with Gasteiger partial charge in [-0.25, -0.2) is 4.39 Å². The molecule has 3 N–H and O–H groups in total. The van der Waals surface area contributed by atoms with Crippen LogP contribution in [0.1, 0.15) is 27.2 Å². The van der Waals surface area contributed by atoms with Crippen LogP contribution in [-0.4, -0.2) is 15.9 Å². The number of hydrogen-bond donors (Lipinski definition) is 3. The second-order valence-electron chi connectivity index (χ2n) is 7.06. The van der Waals surface area contributed by atoms with Crippen LogP contribution in [0.5, 0.6) is 0 Å². The van der Waals surface area contributed by atoms with Crippen molar-refractivity contribution in [1.29, 1.82) is 0 Å². The zero-order valence-corrected chi connectivity index (χ0v) is 16.1. The predicted molar refractivity (Wildman–Crippen MR) is 111 cm³/mol. The zero-order chi connectivity index (χ0) is 20.5. The molecule has 1 amide bonds. The summed E-state index contributed by atoms with van der Waals surface area (Å²) >= 11 is 0. The lowest BCUT2D eigenvalue weighted by Crippen LogP contribution is -2.28. The molecule has 4 rings (SSSR count). The summed E-state index contributed by atoms with van der Waals surface area (Å²) in [5.41, 5.74) is 4.45. The Morgan fingerprint density at radius 3 is 2.66 bits per heavy atom. The molecule has 2 aromatic heterocycles. The first-order chi connectivity index (χ1) is 13.9. The van der Waals surface area contributed by atoms with E-state index in [9.17, 15) is 14.0 Å². The molecule has 2 heterocycles. The quantitative estimate of drug-likeness (QED) is 0.489. The van der Waals surface area contributed by atoms with Gasteiger partial charge in [-0.1, -0.05) is 18.2 Å². The van der Waals surface area contributed by atoms with E-state index in [1.807, 2.05) is 25.1 Å². The lowest BCUT2D eigenvalue weighted by atomic mass is 10.0. The summed E-state index contributed by atoms with van der Waals surface area (Å²) in [7, 11) is 0. The Hall–Kier alpha value is -3.67. The molecule has 0 aliphatic carbocycles. The minimum atomic E-state index is -0.427. The molecule has 0 fully saturated rings. The molecule has 0 radical (unpaired) electrons. The zero-order valence-electron chi connectivity index (χ0n) is 16.1. The third kappa shape index (κ3) is 3.57. The van der Waals surface area contributed by atoms with E-state index in [2.05, 4.69) is 15.3 Å². The fourth-order valence-corrected chi connectivity index (χ4v) is 3.45. The number of aryl methyl sites for hydroxylation is 2. The van der Waals surface area contributed by atoms with Crippen LogP contribution in [0.25, 0.3) is 22.2 Å². The Kier molecular flexibility index (Phi) is 4.76. The van der Waals surface area contributed by atoms with Crippen LogP contribution in [0.3, 0.4) is 0 Å². The molecule has 6 heteroatoms. The maximum atomic E-state index is 14.2. The van der Waals surface area contributed by atoms with E-state index in [-0.39, 0.29) is 23.4 Å². The van der Waals surface area contributed by atoms with Crippen molar-refractivity contribution in [3.8, 4) is 11.3 Å². The van der Waals surface area contributed by atoms with Crippen molar-refractivity contribution in [3.05, 3.63) is 93.2 Å². The Balaban J connectivity index is 1.59. The number of amides is 1. The van der Waals surface area contributed by atoms with Gasteiger partial charge in [-0.05, 0) is 49.2 Å². The van der Waals surface area contributed by atoms with Gasteiger partial charge in [0.25, 0.3) is 5.91 Å². The second-order valence-corrected chi connectivity index (χ2v) is 7.06. The maximum absolute atomic E-state index is 14.2. The van der Waals surface area contributed by atoms with Gasteiger partial charge in [-0.3, -0.25) is 9.59 Å². The normalized spacial score (nSPS) is 11.0. The van der Waals surface area contributed by atoms with Gasteiger partial charge in [-0.15, -0.1) is 0 Å². The minimum absolute atomic E-state index is 0.0799. The van der Waals surface area contributed by atoms with E-state index in [1.54, 1.807) is 25.1 Å². The van der Waals surface area contributed by atoms with E-state index in [0.29, 0.717) is 11.3 Å². The third-order valence-electron chi connectivity index (χ3n) is 5.02. The SMILES string of the molecule is Cc1cc(=O)c(C(=O)NCc2ccc3[nH]c(-c4ccccc4F)c(C)c3c2)c[nH]1. The number of rotatable bonds is 4. The van der Waals surface area contributed by atoms with Crippen molar-refractivity contribution < 1.29 is 9.18 Å². The van der Waals surface area contributed by atoms with Crippen molar-refractivity contribution >= 4 is 16.8 Å². The molecule has 0 aliphatic rings. The lowest BCUT2D eigenvalue weighted by Gasteiger charge is -2.06. The highest BCUT2D eigenvalue weighted by Gasteiger charge is 2.14. The van der Waals surface area contributed by atoms with Gasteiger partial charge in [0.15, 0.2) is 5.43 Å². The van der Waals surface area contributed by atoms with E-state index >= 15 is 0 Å². The number of aromatic amines is 2. The van der Waals surface area contributed by atoms with Crippen LogP contribution in [0, 0.1) is 19.7 Å². The van der Waals surface area contributed by atoms with E-state index < -0.39 is 5.91 Å². The van der Waals surface area contributed by atoms with Crippen molar-refractivity contribution in [2.24, 2.45) is 0 Å². The average molecular weight is 389 g/mol. The Morgan fingerprint density at radius 1 is 1.10 bits per heavy atom. The molecule has 0 atom stereocenters. The van der Waals surface area contributed by atoms with Crippen molar-refractivity contribution in [2.45, 2.75) is 20.4 Å². The summed E-state index contributed by atoms with van der Waals surface area (Å²) in [5.74, 6) is -0.706. The number of carbonyl (C=O) groups excluding carboxylic acids is 1. The molecular weight excluding hydrogens is 369 g/mol. The van der Waals surface area contributed by atoms with Gasteiger partial charge in [-0.2, -0.15) is 0 Å². The number of pyridine rings is 1. The van der Waals surface area contributed by atoms with Crippen LogP contribution < -0.4 is 10.7 Å². The summed E-state index contributed by atoms with van der Waals surface area (Å²) in [5, 5.41) is 3.74. The molecular formula is C23H20FN3O2. The fraction of sp³-hybridized carbons (Fsp3) is 0.130. The highest BCUT2D eigenvalue weighted by molar-refractivity contribution is 5.94. The molecule has 0 spiro atoms. The summed E-state index contributed by atoms with van der Waals surface area (Å²) in [6.45, 7) is 3.98. The predicted octanol–water partition coefficient (Wildman–Crippen LogP) is 4.21. The third-order valence-corrected chi connectivity index (χ3v) is 5.02. The average Bonchev–Trinajstić information content (AvgIpc) is 3.02. The largest absolute Gasteiger partial charge is 0.364 e. The van der Waals surface area contributed by atoms with Crippen molar-refractivity contribution in [3.63, 3.8) is 0 Å². The number of fused-ring (bicyclic) bond motifs is 1. The number of aromatic nitrogens is 2. The summed E-state index contributed by atoms with van der Waals surface area (Å²) in [6.07, 6.45) is 1.42. The van der Waals surface area contributed by atoms with Gasteiger partial charge in [0.05, 0.1) is 5.69 Å². The Labute approximate surface area is 166 Å². The van der Waals surface area contributed by atoms with Gasteiger partial charge in [0.2, 0.25) is 0 Å². The number of halogens is 1. The van der Waals surface area contributed by atoms with E-state index in [4.69, 9.17) is 0 Å². The number of nitrogens with one attached hydrogen (secondary N) is 3. The van der Waals surface area contributed by atoms with Crippen LogP contribution in [0.2, 0.25) is 0 Å². The van der Waals surface area contributed by atoms with Crippen molar-refractivity contribution in [1.82, 2.24) is 15.3 Å². The number of carbonyl (C=O) groups is 1. The lowest BCUT2D eigenvalue weighted by molar-refractivity contribution is 0.0949. The summed E-state index contributed by atoms with van der Waals surface area (Å²) in [6, 6.07) is 13.8. The standard InChI is InChI=1S/C23H20FN3O2/c1-13-9-21(28)18(12-25-13)23(29)26-11-15-7-8-20-17(10-15)14(2)22(27-20)16-5-3-4-6-19(16)24/h3-10,12,27H,11H2,1-2H3,(H,25,28)(H,26,29). The van der Waals surface area contributed by atoms with Crippen molar-refractivity contribution in [2.75, 3.05) is 0 Å². The molecule has 2 aromatic carbocycles. The van der Waals surface area contributed by atoms with Gasteiger partial charge >= 0.3 is 0 Å². The van der Waals surface area contributed by atoms with Crippen LogP contribution in [0.4, 0.5) is 4.39 Å². The molecule has 29 heavy (non-hydrogen) atoms. The van der Waals surface area contributed by atoms with Gasteiger partial charge in [0, 0.05) is 41.0 Å². The van der Waals surface area contributed by atoms with Crippen LogP contribution >= 0.6 is 0 Å². The number of benzene rings is 2. The molecule has 0 bridgehead atoms. The summed E-state index contributed by atoms with van der Waals surface area (Å²) in [4.78, 5) is 30.4. The Morgan fingerprint density at radius 2 is 1.90 bits per heavy atom. The first-order valence-corrected chi connectivity index (χ1v) is 9.27. The van der Waals surface area contributed by atoms with Gasteiger partial charge < -0.3 is 15.3 Å². The molecule has 146 valence electrons. The summed E-state index contributed by atoms with van der Waals surface area (Å²) < 4.78 is 14.2. The molecule has 0 aliphatic heterocycles. The monoisotopic (exact) mass is 389 g/mol. The van der Waals surface area contributed by atoms with Gasteiger partial charge in [0.1, 0.15) is 11.4 Å². The highest BCUT2D eigenvalue weighted by Crippen LogP contribution is 2.31. The van der Waals surface area contributed by atoms with Crippen LogP contribution in [-0.2, 0) is 6.54 Å². The molecule has 0 saturated heterocycles. The maximum Gasteiger partial charge on any atom is 0.257 e.